The van der Waals surface area contributed by atoms with Gasteiger partial charge in [-0.15, -0.1) is 0 Å². The highest BCUT2D eigenvalue weighted by Crippen LogP contribution is 2.32. The largest absolute Gasteiger partial charge is 0.504 e. The summed E-state index contributed by atoms with van der Waals surface area (Å²) in [5.41, 5.74) is 4.02. The molecule has 0 saturated heterocycles. The molecule has 164 valence electrons. The lowest BCUT2D eigenvalue weighted by molar-refractivity contribution is 0.0954. The molecular formula is C23H20BrN3O5. The third-order valence-corrected chi connectivity index (χ3v) is 4.87. The number of hydrogen-bond acceptors (Lipinski definition) is 6. The number of carbonyl (C=O) groups excluding carboxylic acids is 2. The number of aromatic hydroxyl groups is 1. The number of nitrogens with one attached hydrogen (secondary N) is 2. The Labute approximate surface area is 193 Å². The molecule has 0 aliphatic heterocycles. The van der Waals surface area contributed by atoms with Gasteiger partial charge in [-0.05, 0) is 48.5 Å². The lowest BCUT2D eigenvalue weighted by Gasteiger charge is -2.09. The summed E-state index contributed by atoms with van der Waals surface area (Å²) in [7, 11) is 2.93. The third kappa shape index (κ3) is 5.44. The lowest BCUT2D eigenvalue weighted by atomic mass is 10.1. The number of para-hydroxylation sites is 1. The number of hydrogen-bond donors (Lipinski definition) is 3. The summed E-state index contributed by atoms with van der Waals surface area (Å²) in [6.45, 7) is 0. The van der Waals surface area contributed by atoms with Crippen molar-refractivity contribution in [2.75, 3.05) is 19.5 Å². The first kappa shape index (κ1) is 22.8. The Bertz CT molecular complexity index is 1160. The number of halogens is 1. The monoisotopic (exact) mass is 497 g/mol. The molecule has 0 radical (unpaired) electrons. The number of phenols is 1. The van der Waals surface area contributed by atoms with Crippen LogP contribution in [0.2, 0.25) is 0 Å². The molecule has 0 fully saturated rings. The number of anilines is 1. The lowest BCUT2D eigenvalue weighted by Crippen LogP contribution is -2.18. The van der Waals surface area contributed by atoms with Crippen molar-refractivity contribution in [3.05, 3.63) is 81.8 Å². The summed E-state index contributed by atoms with van der Waals surface area (Å²) in [5, 5.41) is 16.8. The Balaban J connectivity index is 1.64. The highest BCUT2D eigenvalue weighted by molar-refractivity contribution is 9.10. The molecule has 0 heterocycles. The van der Waals surface area contributed by atoms with Gasteiger partial charge < -0.3 is 19.9 Å². The maximum absolute atomic E-state index is 12.5. The Morgan fingerprint density at radius 2 is 1.66 bits per heavy atom. The number of nitrogens with zero attached hydrogens (tertiary/aromatic N) is 1. The van der Waals surface area contributed by atoms with Crippen LogP contribution in [-0.4, -0.2) is 37.4 Å². The van der Waals surface area contributed by atoms with Gasteiger partial charge in [0.2, 0.25) is 0 Å². The summed E-state index contributed by atoms with van der Waals surface area (Å²) in [6, 6.07) is 16.5. The quantitative estimate of drug-likeness (QED) is 0.335. The van der Waals surface area contributed by atoms with Crippen LogP contribution in [0.15, 0.2) is 70.2 Å². The zero-order valence-electron chi connectivity index (χ0n) is 17.3. The molecule has 2 amide bonds. The van der Waals surface area contributed by atoms with Gasteiger partial charge in [-0.25, -0.2) is 5.43 Å². The molecule has 0 unspecified atom stereocenters. The number of ether oxygens (including phenoxy) is 2. The minimum Gasteiger partial charge on any atom is -0.504 e. The Hall–Kier alpha value is -3.85. The SMILES string of the molecule is COc1ccccc1C(=O)Nc1ccc(C(=O)NN=Cc2cc(Br)cc(OC)c2O)cc1. The summed E-state index contributed by atoms with van der Waals surface area (Å²) >= 11 is 3.32. The summed E-state index contributed by atoms with van der Waals surface area (Å²) in [5.74, 6) is -0.131. The molecule has 3 N–H and O–H groups in total. The van der Waals surface area contributed by atoms with Gasteiger partial charge in [0.05, 0.1) is 26.0 Å². The van der Waals surface area contributed by atoms with E-state index >= 15 is 0 Å². The normalized spacial score (nSPS) is 10.6. The van der Waals surface area contributed by atoms with Crippen LogP contribution in [0.25, 0.3) is 0 Å². The molecule has 9 heteroatoms. The Morgan fingerprint density at radius 1 is 0.969 bits per heavy atom. The van der Waals surface area contributed by atoms with Crippen molar-refractivity contribution in [1.29, 1.82) is 0 Å². The molecule has 3 aromatic carbocycles. The van der Waals surface area contributed by atoms with Crippen molar-refractivity contribution < 1.29 is 24.2 Å². The average molecular weight is 498 g/mol. The van der Waals surface area contributed by atoms with E-state index in [1.807, 2.05) is 0 Å². The van der Waals surface area contributed by atoms with Gasteiger partial charge in [0.1, 0.15) is 5.75 Å². The average Bonchev–Trinajstić information content (AvgIpc) is 2.81. The number of benzene rings is 3. The Kier molecular flexibility index (Phi) is 7.45. The zero-order valence-corrected chi connectivity index (χ0v) is 18.8. The highest BCUT2D eigenvalue weighted by Gasteiger charge is 2.12. The van der Waals surface area contributed by atoms with E-state index in [-0.39, 0.29) is 17.4 Å². The minimum atomic E-state index is -0.453. The van der Waals surface area contributed by atoms with Crippen molar-refractivity contribution in [3.8, 4) is 17.2 Å². The van der Waals surface area contributed by atoms with E-state index < -0.39 is 5.91 Å². The van der Waals surface area contributed by atoms with E-state index in [9.17, 15) is 14.7 Å². The smallest absolute Gasteiger partial charge is 0.271 e. The fourth-order valence-corrected chi connectivity index (χ4v) is 3.26. The number of methoxy groups -OCH3 is 2. The van der Waals surface area contributed by atoms with Gasteiger partial charge in [0.15, 0.2) is 11.5 Å². The van der Waals surface area contributed by atoms with Crippen LogP contribution < -0.4 is 20.2 Å². The van der Waals surface area contributed by atoms with Gasteiger partial charge >= 0.3 is 0 Å². The first-order chi connectivity index (χ1) is 15.4. The summed E-state index contributed by atoms with van der Waals surface area (Å²) in [6.07, 6.45) is 1.31. The third-order valence-electron chi connectivity index (χ3n) is 4.42. The van der Waals surface area contributed by atoms with Crippen molar-refractivity contribution in [3.63, 3.8) is 0 Å². The van der Waals surface area contributed by atoms with Gasteiger partial charge in [-0.3, -0.25) is 9.59 Å². The van der Waals surface area contributed by atoms with E-state index in [2.05, 4.69) is 31.8 Å². The van der Waals surface area contributed by atoms with Crippen molar-refractivity contribution >= 4 is 39.6 Å². The van der Waals surface area contributed by atoms with Gasteiger partial charge in [-0.1, -0.05) is 28.1 Å². The van der Waals surface area contributed by atoms with Crippen LogP contribution >= 0.6 is 15.9 Å². The second-order valence-electron chi connectivity index (χ2n) is 6.48. The van der Waals surface area contributed by atoms with Crippen LogP contribution in [0.5, 0.6) is 17.2 Å². The first-order valence-electron chi connectivity index (χ1n) is 9.37. The number of phenolic OH excluding ortho intramolecular Hbond substituents is 1. The maximum Gasteiger partial charge on any atom is 0.271 e. The summed E-state index contributed by atoms with van der Waals surface area (Å²) in [4.78, 5) is 24.8. The van der Waals surface area contributed by atoms with Crippen LogP contribution in [0.3, 0.4) is 0 Å². The standard InChI is InChI=1S/C23H20BrN3O5/c1-31-19-6-4-3-5-18(19)23(30)26-17-9-7-14(8-10-17)22(29)27-25-13-15-11-16(24)12-20(32-2)21(15)28/h3-13,28H,1-2H3,(H,26,30)(H,27,29). The molecule has 3 aromatic rings. The Morgan fingerprint density at radius 3 is 2.34 bits per heavy atom. The summed E-state index contributed by atoms with van der Waals surface area (Å²) < 4.78 is 11.0. The van der Waals surface area contributed by atoms with Gasteiger partial charge in [0.25, 0.3) is 11.8 Å². The van der Waals surface area contributed by atoms with Crippen LogP contribution in [0, 0.1) is 0 Å². The van der Waals surface area contributed by atoms with Crippen molar-refractivity contribution in [1.82, 2.24) is 5.43 Å². The zero-order chi connectivity index (χ0) is 23.1. The second-order valence-corrected chi connectivity index (χ2v) is 7.39. The van der Waals surface area contributed by atoms with Gasteiger partial charge in [-0.2, -0.15) is 5.10 Å². The van der Waals surface area contributed by atoms with Crippen LogP contribution in [0.1, 0.15) is 26.3 Å². The van der Waals surface area contributed by atoms with E-state index in [1.165, 1.54) is 20.4 Å². The predicted molar refractivity (Wildman–Crippen MR) is 125 cm³/mol. The molecule has 0 atom stereocenters. The number of carbonyl (C=O) groups is 2. The minimum absolute atomic E-state index is 0.0937. The molecule has 32 heavy (non-hydrogen) atoms. The maximum atomic E-state index is 12.5. The van der Waals surface area contributed by atoms with Crippen molar-refractivity contribution in [2.45, 2.75) is 0 Å². The molecule has 0 aliphatic carbocycles. The van der Waals surface area contributed by atoms with E-state index in [0.717, 1.165) is 0 Å². The molecule has 0 saturated carbocycles. The molecule has 0 bridgehead atoms. The second kappa shape index (κ2) is 10.5. The van der Waals surface area contributed by atoms with E-state index in [1.54, 1.807) is 60.7 Å². The predicted octanol–water partition coefficient (Wildman–Crippen LogP) is 4.19. The van der Waals surface area contributed by atoms with Crippen molar-refractivity contribution in [2.24, 2.45) is 5.10 Å². The fourth-order valence-electron chi connectivity index (χ4n) is 2.81. The fraction of sp³-hybridized carbons (Fsp3) is 0.0870. The molecule has 0 aromatic heterocycles. The molecule has 0 aliphatic rings. The topological polar surface area (TPSA) is 109 Å². The molecular weight excluding hydrogens is 478 g/mol. The highest BCUT2D eigenvalue weighted by atomic mass is 79.9. The number of amides is 2. The van der Waals surface area contributed by atoms with Gasteiger partial charge in [0, 0.05) is 21.3 Å². The molecule has 3 rings (SSSR count). The number of rotatable bonds is 7. The molecule has 8 nitrogen and oxygen atoms in total. The first-order valence-corrected chi connectivity index (χ1v) is 10.2. The van der Waals surface area contributed by atoms with Crippen LogP contribution in [0.4, 0.5) is 5.69 Å². The number of hydrazone groups is 1. The van der Waals surface area contributed by atoms with E-state index in [4.69, 9.17) is 9.47 Å². The van der Waals surface area contributed by atoms with E-state index in [0.29, 0.717) is 32.6 Å². The molecule has 0 spiro atoms. The van der Waals surface area contributed by atoms with Crippen LogP contribution in [-0.2, 0) is 0 Å².